The fourth-order valence-corrected chi connectivity index (χ4v) is 2.03. The van der Waals surface area contributed by atoms with Crippen LogP contribution in [0.2, 0.25) is 5.02 Å². The summed E-state index contributed by atoms with van der Waals surface area (Å²) in [4.78, 5) is 0. The third-order valence-electron chi connectivity index (χ3n) is 2.73. The van der Waals surface area contributed by atoms with Crippen molar-refractivity contribution >= 4 is 11.6 Å². The van der Waals surface area contributed by atoms with E-state index in [0.717, 1.165) is 0 Å². The van der Waals surface area contributed by atoms with Crippen LogP contribution >= 0.6 is 11.6 Å². The second-order valence-corrected chi connectivity index (χ2v) is 5.00. The molecule has 0 saturated carbocycles. The van der Waals surface area contributed by atoms with Gasteiger partial charge in [-0.25, -0.2) is 4.39 Å². The van der Waals surface area contributed by atoms with Gasteiger partial charge in [0.1, 0.15) is 17.6 Å². The first kappa shape index (κ1) is 14.4. The number of halogens is 2. The third-order valence-corrected chi connectivity index (χ3v) is 3.02. The molecule has 0 fully saturated rings. The minimum atomic E-state index is -0.477. The van der Waals surface area contributed by atoms with Crippen LogP contribution < -0.4 is 4.74 Å². The molecule has 102 valence electrons. The third kappa shape index (κ3) is 2.92. The van der Waals surface area contributed by atoms with E-state index in [0.29, 0.717) is 22.4 Å². The lowest BCUT2D eigenvalue weighted by Crippen LogP contribution is -2.07. The van der Waals surface area contributed by atoms with E-state index >= 15 is 0 Å². The number of hydrogen-bond donors (Lipinski definition) is 0. The molecule has 2 aromatic carbocycles. The molecule has 0 atom stereocenters. The van der Waals surface area contributed by atoms with Gasteiger partial charge >= 0.3 is 0 Å². The van der Waals surface area contributed by atoms with Crippen LogP contribution in [0.5, 0.6) is 5.75 Å². The second kappa shape index (κ2) is 5.94. The van der Waals surface area contributed by atoms with Gasteiger partial charge in [-0.15, -0.1) is 0 Å². The summed E-state index contributed by atoms with van der Waals surface area (Å²) in [7, 11) is 0. The Morgan fingerprint density at radius 1 is 1.25 bits per heavy atom. The number of hydrogen-bond acceptors (Lipinski definition) is 2. The van der Waals surface area contributed by atoms with Gasteiger partial charge in [0.05, 0.1) is 16.7 Å². The molecule has 2 aromatic rings. The molecule has 0 aliphatic rings. The summed E-state index contributed by atoms with van der Waals surface area (Å²) in [6.45, 7) is 3.74. The highest BCUT2D eigenvalue weighted by Crippen LogP contribution is 2.31. The van der Waals surface area contributed by atoms with Crippen LogP contribution in [-0.4, -0.2) is 6.10 Å². The van der Waals surface area contributed by atoms with Crippen molar-refractivity contribution in [2.24, 2.45) is 0 Å². The average molecular weight is 290 g/mol. The van der Waals surface area contributed by atoms with Crippen molar-refractivity contribution < 1.29 is 9.13 Å². The first-order valence-corrected chi connectivity index (χ1v) is 6.56. The van der Waals surface area contributed by atoms with E-state index in [4.69, 9.17) is 21.6 Å². The molecule has 0 aliphatic carbocycles. The van der Waals surface area contributed by atoms with Crippen LogP contribution in [0.25, 0.3) is 11.1 Å². The highest BCUT2D eigenvalue weighted by molar-refractivity contribution is 6.31. The van der Waals surface area contributed by atoms with Gasteiger partial charge in [0.15, 0.2) is 0 Å². The molecular formula is C16H13ClFNO. The Balaban J connectivity index is 2.53. The van der Waals surface area contributed by atoms with Crippen LogP contribution in [0.1, 0.15) is 19.4 Å². The van der Waals surface area contributed by atoms with Gasteiger partial charge in [-0.2, -0.15) is 5.26 Å². The summed E-state index contributed by atoms with van der Waals surface area (Å²) in [6.07, 6.45) is -0.0680. The van der Waals surface area contributed by atoms with Gasteiger partial charge in [0, 0.05) is 5.56 Å². The Morgan fingerprint density at radius 2 is 2.00 bits per heavy atom. The van der Waals surface area contributed by atoms with Gasteiger partial charge in [-0.3, -0.25) is 0 Å². The Hall–Kier alpha value is -2.05. The maximum absolute atomic E-state index is 14.0. The van der Waals surface area contributed by atoms with Crippen molar-refractivity contribution in [3.8, 4) is 22.9 Å². The molecule has 0 saturated heterocycles. The van der Waals surface area contributed by atoms with Crippen molar-refractivity contribution in [1.82, 2.24) is 0 Å². The summed E-state index contributed by atoms with van der Waals surface area (Å²) in [5, 5.41) is 9.13. The Labute approximate surface area is 122 Å². The van der Waals surface area contributed by atoms with Gasteiger partial charge in [-0.05, 0) is 37.6 Å². The molecule has 0 N–H and O–H groups in total. The van der Waals surface area contributed by atoms with Crippen LogP contribution in [0.4, 0.5) is 4.39 Å². The molecule has 4 heteroatoms. The van der Waals surface area contributed by atoms with Crippen molar-refractivity contribution in [2.75, 3.05) is 0 Å². The molecule has 0 bridgehead atoms. The molecule has 20 heavy (non-hydrogen) atoms. The van der Waals surface area contributed by atoms with Crippen molar-refractivity contribution in [3.63, 3.8) is 0 Å². The summed E-state index contributed by atoms with van der Waals surface area (Å²) >= 11 is 5.79. The zero-order valence-electron chi connectivity index (χ0n) is 11.2. The largest absolute Gasteiger partial charge is 0.490 e. The first-order valence-electron chi connectivity index (χ1n) is 6.18. The van der Waals surface area contributed by atoms with E-state index in [1.165, 1.54) is 6.07 Å². The summed E-state index contributed by atoms with van der Waals surface area (Å²) < 4.78 is 19.6. The van der Waals surface area contributed by atoms with Crippen LogP contribution in [0, 0.1) is 17.1 Å². The van der Waals surface area contributed by atoms with E-state index in [1.807, 2.05) is 13.8 Å². The fraction of sp³-hybridized carbons (Fsp3) is 0.188. The molecule has 0 aliphatic heterocycles. The molecule has 0 amide bonds. The quantitative estimate of drug-likeness (QED) is 0.812. The molecule has 0 radical (unpaired) electrons. The SMILES string of the molecule is CC(C)Oc1cc(-c2cccc(Cl)c2F)ccc1C#N. The monoisotopic (exact) mass is 289 g/mol. The number of ether oxygens (including phenoxy) is 1. The average Bonchev–Trinajstić information content (AvgIpc) is 2.41. The molecule has 2 nitrogen and oxygen atoms in total. The number of nitriles is 1. The Morgan fingerprint density at radius 3 is 2.65 bits per heavy atom. The highest BCUT2D eigenvalue weighted by atomic mass is 35.5. The van der Waals surface area contributed by atoms with E-state index in [-0.39, 0.29) is 11.1 Å². The van der Waals surface area contributed by atoms with Gasteiger partial charge in [0.25, 0.3) is 0 Å². The summed E-state index contributed by atoms with van der Waals surface area (Å²) in [6, 6.07) is 11.8. The lowest BCUT2D eigenvalue weighted by molar-refractivity contribution is 0.242. The second-order valence-electron chi connectivity index (χ2n) is 4.59. The lowest BCUT2D eigenvalue weighted by atomic mass is 10.0. The minimum Gasteiger partial charge on any atom is -0.490 e. The predicted octanol–water partition coefficient (Wildman–Crippen LogP) is 4.80. The van der Waals surface area contributed by atoms with Crippen LogP contribution in [0.3, 0.4) is 0 Å². The Bertz CT molecular complexity index is 677. The van der Waals surface area contributed by atoms with Gasteiger partial charge < -0.3 is 4.74 Å². The number of rotatable bonds is 3. The zero-order chi connectivity index (χ0) is 14.7. The lowest BCUT2D eigenvalue weighted by Gasteiger charge is -2.13. The van der Waals surface area contributed by atoms with Crippen LogP contribution in [-0.2, 0) is 0 Å². The smallest absolute Gasteiger partial charge is 0.149 e. The van der Waals surface area contributed by atoms with Gasteiger partial charge in [-0.1, -0.05) is 29.8 Å². The maximum Gasteiger partial charge on any atom is 0.149 e. The standard InChI is InChI=1S/C16H13ClFNO/c1-10(2)20-15-8-11(6-7-12(15)9-19)13-4-3-5-14(17)16(13)18/h3-8,10H,1-2H3. The summed E-state index contributed by atoms with van der Waals surface area (Å²) in [5.74, 6) is -0.0336. The van der Waals surface area contributed by atoms with Crippen molar-refractivity contribution in [2.45, 2.75) is 20.0 Å². The van der Waals surface area contributed by atoms with Gasteiger partial charge in [0.2, 0.25) is 0 Å². The normalized spacial score (nSPS) is 10.4. The fourth-order valence-electron chi connectivity index (χ4n) is 1.86. The molecule has 0 heterocycles. The number of benzene rings is 2. The topological polar surface area (TPSA) is 33.0 Å². The molecule has 2 rings (SSSR count). The van der Waals surface area contributed by atoms with E-state index < -0.39 is 5.82 Å². The van der Waals surface area contributed by atoms with E-state index in [9.17, 15) is 4.39 Å². The molecular weight excluding hydrogens is 277 g/mol. The Kier molecular flexibility index (Phi) is 4.26. The maximum atomic E-state index is 14.0. The molecule has 0 unspecified atom stereocenters. The van der Waals surface area contributed by atoms with E-state index in [1.54, 1.807) is 30.3 Å². The number of nitrogens with zero attached hydrogens (tertiary/aromatic N) is 1. The minimum absolute atomic E-state index is 0.0678. The molecule has 0 spiro atoms. The highest BCUT2D eigenvalue weighted by Gasteiger charge is 2.12. The predicted molar refractivity (Wildman–Crippen MR) is 77.3 cm³/mol. The van der Waals surface area contributed by atoms with Crippen molar-refractivity contribution in [3.05, 3.63) is 52.8 Å². The van der Waals surface area contributed by atoms with Crippen LogP contribution in [0.15, 0.2) is 36.4 Å². The summed E-state index contributed by atoms with van der Waals surface area (Å²) in [5.41, 5.74) is 1.43. The zero-order valence-corrected chi connectivity index (χ0v) is 11.9. The van der Waals surface area contributed by atoms with Crippen molar-refractivity contribution in [1.29, 1.82) is 5.26 Å². The molecule has 0 aromatic heterocycles. The van der Waals surface area contributed by atoms with E-state index in [2.05, 4.69) is 6.07 Å². The first-order chi connectivity index (χ1) is 9.52.